The Morgan fingerprint density at radius 3 is 2.55 bits per heavy atom. The molecule has 0 aliphatic carbocycles. The summed E-state index contributed by atoms with van der Waals surface area (Å²) in [6, 6.07) is 3.89. The van der Waals surface area contributed by atoms with E-state index < -0.39 is 35.1 Å². The van der Waals surface area contributed by atoms with E-state index in [0.717, 1.165) is 4.31 Å². The van der Waals surface area contributed by atoms with Crippen LogP contribution < -0.4 is 4.74 Å². The van der Waals surface area contributed by atoms with Crippen LogP contribution in [0.25, 0.3) is 0 Å². The maximum absolute atomic E-state index is 12.4. The molecule has 1 fully saturated rings. The number of rotatable bonds is 6. The number of halogens is 2. The largest absolute Gasteiger partial charge is 0.488 e. The molecule has 0 amide bonds. The highest BCUT2D eigenvalue weighted by molar-refractivity contribution is 7.89. The van der Waals surface area contributed by atoms with E-state index in [9.17, 15) is 22.0 Å². The molecule has 1 aromatic rings. The molecule has 1 N–H and O–H groups in total. The van der Waals surface area contributed by atoms with Crippen LogP contribution in [-0.2, 0) is 14.8 Å². The Balaban J connectivity index is 2.17. The van der Waals surface area contributed by atoms with Gasteiger partial charge in [-0.3, -0.25) is 4.79 Å². The van der Waals surface area contributed by atoms with E-state index in [1.807, 2.05) is 0 Å². The van der Waals surface area contributed by atoms with Crippen molar-refractivity contribution in [1.29, 1.82) is 0 Å². The molecule has 0 aromatic heterocycles. The number of carboxylic acid groups (broad SMARTS) is 1. The van der Waals surface area contributed by atoms with E-state index in [2.05, 4.69) is 0 Å². The highest BCUT2D eigenvalue weighted by Gasteiger charge is 2.39. The molecule has 6 nitrogen and oxygen atoms in total. The Morgan fingerprint density at radius 2 is 2.00 bits per heavy atom. The number of hydrogen-bond acceptors (Lipinski definition) is 4. The number of aliphatic carboxylic acids is 1. The zero-order valence-electron chi connectivity index (χ0n) is 11.5. The smallest absolute Gasteiger partial charge is 0.322 e. The fourth-order valence-electron chi connectivity index (χ4n) is 2.28. The number of carboxylic acids is 1. The summed E-state index contributed by atoms with van der Waals surface area (Å²) < 4.78 is 54.6. The monoisotopic (exact) mass is 335 g/mol. The molecule has 1 saturated heterocycles. The number of ether oxygens (including phenoxy) is 1. The average Bonchev–Trinajstić information content (AvgIpc) is 2.96. The van der Waals surface area contributed by atoms with Crippen LogP contribution in [0.5, 0.6) is 5.75 Å². The molecule has 1 atom stereocenters. The number of carbonyl (C=O) groups is 1. The molecule has 1 aromatic carbocycles. The quantitative estimate of drug-likeness (QED) is 0.853. The fraction of sp³-hybridized carbons (Fsp3) is 0.462. The number of sulfonamides is 1. The first-order valence-electron chi connectivity index (χ1n) is 6.58. The third kappa shape index (κ3) is 3.53. The van der Waals surface area contributed by atoms with Crippen molar-refractivity contribution in [3.63, 3.8) is 0 Å². The van der Waals surface area contributed by atoms with E-state index in [0.29, 0.717) is 6.42 Å². The molecular weight excluding hydrogens is 320 g/mol. The van der Waals surface area contributed by atoms with E-state index >= 15 is 0 Å². The summed E-state index contributed by atoms with van der Waals surface area (Å²) >= 11 is 0. The summed E-state index contributed by atoms with van der Waals surface area (Å²) in [4.78, 5) is 11.0. The summed E-state index contributed by atoms with van der Waals surface area (Å²) in [6.45, 7) is -0.637. The van der Waals surface area contributed by atoms with Gasteiger partial charge in [-0.1, -0.05) is 0 Å². The normalized spacial score (nSPS) is 19.5. The summed E-state index contributed by atoms with van der Waals surface area (Å²) in [5, 5.41) is 9.06. The second-order valence-electron chi connectivity index (χ2n) is 4.79. The maximum atomic E-state index is 12.4. The van der Waals surface area contributed by atoms with Crippen LogP contribution in [0, 0.1) is 0 Å². The average molecular weight is 335 g/mol. The molecular formula is C13H15F2NO5S. The number of alkyl halides is 2. The van der Waals surface area contributed by atoms with E-state index in [1.54, 1.807) is 0 Å². The van der Waals surface area contributed by atoms with Gasteiger partial charge >= 0.3 is 5.97 Å². The van der Waals surface area contributed by atoms with E-state index in [4.69, 9.17) is 9.84 Å². The van der Waals surface area contributed by atoms with Gasteiger partial charge in [-0.15, -0.1) is 0 Å². The van der Waals surface area contributed by atoms with Crippen LogP contribution >= 0.6 is 0 Å². The van der Waals surface area contributed by atoms with Crippen LogP contribution in [-0.4, -0.2) is 49.4 Å². The summed E-state index contributed by atoms with van der Waals surface area (Å²) in [6.07, 6.45) is -1.88. The third-order valence-electron chi connectivity index (χ3n) is 3.30. The minimum atomic E-state index is -3.93. The highest BCUT2D eigenvalue weighted by Crippen LogP contribution is 2.27. The van der Waals surface area contributed by atoms with Crippen molar-refractivity contribution in [3.8, 4) is 5.75 Å². The standard InChI is InChI=1S/C13H15F2NO5S/c14-12(15)8-21-9-3-5-10(6-4-9)22(19,20)16-7-1-2-11(16)13(17)18/h3-6,11-12H,1-2,7-8H2,(H,17,18)/t11-/m0/s1. The Labute approximate surface area is 126 Å². The van der Waals surface area contributed by atoms with Crippen LogP contribution in [0.2, 0.25) is 0 Å². The Morgan fingerprint density at radius 1 is 1.36 bits per heavy atom. The maximum Gasteiger partial charge on any atom is 0.322 e. The molecule has 2 rings (SSSR count). The van der Waals surface area contributed by atoms with Gasteiger partial charge in [0.15, 0.2) is 0 Å². The first kappa shape index (κ1) is 16.6. The molecule has 0 bridgehead atoms. The van der Waals surface area contributed by atoms with E-state index in [-0.39, 0.29) is 23.6 Å². The Kier molecular flexibility index (Phi) is 4.97. The van der Waals surface area contributed by atoms with Crippen LogP contribution in [0.1, 0.15) is 12.8 Å². The summed E-state index contributed by atoms with van der Waals surface area (Å²) in [5.41, 5.74) is 0. The highest BCUT2D eigenvalue weighted by atomic mass is 32.2. The van der Waals surface area contributed by atoms with Crippen molar-refractivity contribution in [1.82, 2.24) is 4.31 Å². The van der Waals surface area contributed by atoms with Gasteiger partial charge in [0.25, 0.3) is 6.43 Å². The lowest BCUT2D eigenvalue weighted by atomic mass is 10.2. The second-order valence-corrected chi connectivity index (χ2v) is 6.68. The second kappa shape index (κ2) is 6.57. The fourth-order valence-corrected chi connectivity index (χ4v) is 3.93. The van der Waals surface area contributed by atoms with Crippen LogP contribution in [0.3, 0.4) is 0 Å². The van der Waals surface area contributed by atoms with Gasteiger partial charge in [-0.05, 0) is 37.1 Å². The van der Waals surface area contributed by atoms with Gasteiger partial charge in [0.05, 0.1) is 4.90 Å². The van der Waals surface area contributed by atoms with Crippen molar-refractivity contribution in [2.45, 2.75) is 30.2 Å². The van der Waals surface area contributed by atoms with Crippen molar-refractivity contribution in [3.05, 3.63) is 24.3 Å². The molecule has 1 aliphatic rings. The van der Waals surface area contributed by atoms with Crippen molar-refractivity contribution < 1.29 is 31.8 Å². The lowest BCUT2D eigenvalue weighted by molar-refractivity contribution is -0.140. The molecule has 1 aliphatic heterocycles. The number of hydrogen-bond donors (Lipinski definition) is 1. The first-order chi connectivity index (χ1) is 10.3. The van der Waals surface area contributed by atoms with Gasteiger partial charge in [-0.25, -0.2) is 17.2 Å². The topological polar surface area (TPSA) is 83.9 Å². The van der Waals surface area contributed by atoms with E-state index in [1.165, 1.54) is 24.3 Å². The Hall–Kier alpha value is -1.74. The SMILES string of the molecule is O=C(O)[C@@H]1CCCN1S(=O)(=O)c1ccc(OCC(F)F)cc1. The molecule has 9 heteroatoms. The molecule has 0 spiro atoms. The van der Waals surface area contributed by atoms with Crippen molar-refractivity contribution in [2.75, 3.05) is 13.2 Å². The minimum absolute atomic E-state index is 0.0925. The minimum Gasteiger partial charge on any atom is -0.488 e. The number of nitrogens with zero attached hydrogens (tertiary/aromatic N) is 1. The Bertz CT molecular complexity index is 632. The molecule has 0 radical (unpaired) electrons. The summed E-state index contributed by atoms with van der Waals surface area (Å²) in [7, 11) is -3.93. The van der Waals surface area contributed by atoms with Crippen LogP contribution in [0.15, 0.2) is 29.2 Å². The molecule has 0 unspecified atom stereocenters. The number of benzene rings is 1. The van der Waals surface area contributed by atoms with Gasteiger partial charge in [-0.2, -0.15) is 4.31 Å². The predicted molar refractivity (Wildman–Crippen MR) is 72.5 cm³/mol. The first-order valence-corrected chi connectivity index (χ1v) is 8.02. The molecule has 122 valence electrons. The van der Waals surface area contributed by atoms with Gasteiger partial charge in [0, 0.05) is 6.54 Å². The van der Waals surface area contributed by atoms with Gasteiger partial charge in [0.1, 0.15) is 18.4 Å². The summed E-state index contributed by atoms with van der Waals surface area (Å²) in [5.74, 6) is -1.06. The molecule has 22 heavy (non-hydrogen) atoms. The van der Waals surface area contributed by atoms with Gasteiger partial charge < -0.3 is 9.84 Å². The molecule has 1 heterocycles. The zero-order chi connectivity index (χ0) is 16.3. The van der Waals surface area contributed by atoms with Crippen molar-refractivity contribution in [2.24, 2.45) is 0 Å². The third-order valence-corrected chi connectivity index (χ3v) is 5.22. The van der Waals surface area contributed by atoms with Crippen LogP contribution in [0.4, 0.5) is 8.78 Å². The lowest BCUT2D eigenvalue weighted by Crippen LogP contribution is -2.40. The van der Waals surface area contributed by atoms with Gasteiger partial charge in [0.2, 0.25) is 10.0 Å². The lowest BCUT2D eigenvalue weighted by Gasteiger charge is -2.21. The zero-order valence-corrected chi connectivity index (χ0v) is 12.3. The molecule has 0 saturated carbocycles. The predicted octanol–water partition coefficient (Wildman–Crippen LogP) is 1.57. The van der Waals surface area contributed by atoms with Crippen molar-refractivity contribution >= 4 is 16.0 Å².